The summed E-state index contributed by atoms with van der Waals surface area (Å²) >= 11 is 0. The van der Waals surface area contributed by atoms with Crippen LogP contribution in [0.15, 0.2) is 24.3 Å². The molecule has 2 N–H and O–H groups in total. The first-order valence-corrected chi connectivity index (χ1v) is 5.83. The molecule has 0 saturated carbocycles. The number of hydrogen-bond donors (Lipinski definition) is 2. The van der Waals surface area contributed by atoms with Gasteiger partial charge >= 0.3 is 0 Å². The van der Waals surface area contributed by atoms with Crippen LogP contribution in [-0.2, 0) is 16.1 Å². The van der Waals surface area contributed by atoms with Crippen molar-refractivity contribution in [3.8, 4) is 0 Å². The van der Waals surface area contributed by atoms with E-state index in [1.807, 2.05) is 0 Å². The zero-order chi connectivity index (χ0) is 14.1. The Balaban J connectivity index is 2.28. The highest BCUT2D eigenvalue weighted by atomic mass is 16.6. The molecule has 0 atom stereocenters. The smallest absolute Gasteiger partial charge is 0.269 e. The number of amides is 1. The zero-order valence-electron chi connectivity index (χ0n) is 10.7. The van der Waals surface area contributed by atoms with Crippen molar-refractivity contribution in [1.82, 2.24) is 10.6 Å². The molecule has 7 nitrogen and oxygen atoms in total. The summed E-state index contributed by atoms with van der Waals surface area (Å²) in [5.41, 5.74) is 0.854. The van der Waals surface area contributed by atoms with Crippen molar-refractivity contribution in [2.75, 3.05) is 26.8 Å². The minimum atomic E-state index is -0.456. The summed E-state index contributed by atoms with van der Waals surface area (Å²) in [6.07, 6.45) is 0. The van der Waals surface area contributed by atoms with Crippen LogP contribution in [0.25, 0.3) is 0 Å². The first kappa shape index (κ1) is 15.1. The molecular weight excluding hydrogens is 250 g/mol. The van der Waals surface area contributed by atoms with Gasteiger partial charge < -0.3 is 15.4 Å². The molecule has 0 radical (unpaired) electrons. The minimum Gasteiger partial charge on any atom is -0.383 e. The number of ether oxygens (including phenoxy) is 1. The number of nitrogens with zero attached hydrogens (tertiary/aromatic N) is 1. The van der Waals surface area contributed by atoms with Crippen LogP contribution in [0.2, 0.25) is 0 Å². The molecule has 19 heavy (non-hydrogen) atoms. The molecule has 1 aromatic carbocycles. The van der Waals surface area contributed by atoms with Gasteiger partial charge in [-0.05, 0) is 5.56 Å². The van der Waals surface area contributed by atoms with Gasteiger partial charge in [-0.15, -0.1) is 0 Å². The number of carbonyl (C=O) groups excluding carboxylic acids is 1. The SMILES string of the molecule is COCCNCC(=O)NCc1ccc([N+](=O)[O-])cc1. The van der Waals surface area contributed by atoms with Crippen LogP contribution in [-0.4, -0.2) is 37.6 Å². The third-order valence-electron chi connectivity index (χ3n) is 2.41. The number of carbonyl (C=O) groups is 1. The van der Waals surface area contributed by atoms with E-state index in [4.69, 9.17) is 4.74 Å². The number of non-ortho nitro benzene ring substituents is 1. The number of nitro groups is 1. The molecule has 7 heteroatoms. The Bertz CT molecular complexity index is 419. The van der Waals surface area contributed by atoms with Gasteiger partial charge in [-0.3, -0.25) is 14.9 Å². The lowest BCUT2D eigenvalue weighted by atomic mass is 10.2. The van der Waals surface area contributed by atoms with E-state index >= 15 is 0 Å². The summed E-state index contributed by atoms with van der Waals surface area (Å²) < 4.78 is 4.83. The fourth-order valence-corrected chi connectivity index (χ4v) is 1.37. The van der Waals surface area contributed by atoms with Crippen LogP contribution in [0.1, 0.15) is 5.56 Å². The van der Waals surface area contributed by atoms with Crippen molar-refractivity contribution >= 4 is 11.6 Å². The Hall–Kier alpha value is -1.99. The number of rotatable bonds is 8. The van der Waals surface area contributed by atoms with E-state index in [-0.39, 0.29) is 18.1 Å². The van der Waals surface area contributed by atoms with E-state index in [2.05, 4.69) is 10.6 Å². The van der Waals surface area contributed by atoms with Gasteiger partial charge in [-0.2, -0.15) is 0 Å². The predicted molar refractivity (Wildman–Crippen MR) is 69.7 cm³/mol. The Morgan fingerprint density at radius 3 is 2.63 bits per heavy atom. The van der Waals surface area contributed by atoms with Gasteiger partial charge in [-0.1, -0.05) is 12.1 Å². The van der Waals surface area contributed by atoms with Crippen molar-refractivity contribution in [1.29, 1.82) is 0 Å². The first-order valence-electron chi connectivity index (χ1n) is 5.83. The van der Waals surface area contributed by atoms with Crippen LogP contribution >= 0.6 is 0 Å². The highest BCUT2D eigenvalue weighted by Gasteiger charge is 2.05. The fourth-order valence-electron chi connectivity index (χ4n) is 1.37. The molecule has 0 fully saturated rings. The largest absolute Gasteiger partial charge is 0.383 e. The molecule has 1 aromatic rings. The predicted octanol–water partition coefficient (Wildman–Crippen LogP) is 0.447. The minimum absolute atomic E-state index is 0.0382. The maximum atomic E-state index is 11.4. The normalized spacial score (nSPS) is 10.2. The highest BCUT2D eigenvalue weighted by molar-refractivity contribution is 5.77. The summed E-state index contributed by atoms with van der Waals surface area (Å²) in [6, 6.07) is 6.07. The number of benzene rings is 1. The van der Waals surface area contributed by atoms with Gasteiger partial charge in [0.25, 0.3) is 5.69 Å². The second kappa shape index (κ2) is 8.17. The first-order chi connectivity index (χ1) is 9.13. The Morgan fingerprint density at radius 1 is 1.37 bits per heavy atom. The third-order valence-corrected chi connectivity index (χ3v) is 2.41. The van der Waals surface area contributed by atoms with Crippen molar-refractivity contribution in [3.05, 3.63) is 39.9 Å². The maximum absolute atomic E-state index is 11.4. The van der Waals surface area contributed by atoms with E-state index in [1.54, 1.807) is 19.2 Å². The summed E-state index contributed by atoms with van der Waals surface area (Å²) in [5.74, 6) is -0.130. The van der Waals surface area contributed by atoms with Crippen molar-refractivity contribution in [3.63, 3.8) is 0 Å². The molecule has 104 valence electrons. The van der Waals surface area contributed by atoms with Crippen LogP contribution < -0.4 is 10.6 Å². The van der Waals surface area contributed by atoms with Crippen molar-refractivity contribution in [2.24, 2.45) is 0 Å². The zero-order valence-corrected chi connectivity index (χ0v) is 10.7. The summed E-state index contributed by atoms with van der Waals surface area (Å²) in [4.78, 5) is 21.4. The molecule has 0 aliphatic carbocycles. The van der Waals surface area contributed by atoms with E-state index in [0.29, 0.717) is 19.7 Å². The maximum Gasteiger partial charge on any atom is 0.269 e. The molecule has 0 aliphatic rings. The van der Waals surface area contributed by atoms with E-state index in [0.717, 1.165) is 5.56 Å². The molecule has 0 heterocycles. The van der Waals surface area contributed by atoms with Gasteiger partial charge in [0.05, 0.1) is 18.1 Å². The van der Waals surface area contributed by atoms with E-state index in [9.17, 15) is 14.9 Å². The van der Waals surface area contributed by atoms with Crippen LogP contribution in [0.3, 0.4) is 0 Å². The molecular formula is C12H17N3O4. The van der Waals surface area contributed by atoms with Gasteiger partial charge in [0.2, 0.25) is 5.91 Å². The number of nitro benzene ring substituents is 1. The van der Waals surface area contributed by atoms with Gasteiger partial charge in [-0.25, -0.2) is 0 Å². The van der Waals surface area contributed by atoms with E-state index < -0.39 is 4.92 Å². The van der Waals surface area contributed by atoms with Gasteiger partial charge in [0, 0.05) is 32.3 Å². The average molecular weight is 267 g/mol. The molecule has 0 saturated heterocycles. The van der Waals surface area contributed by atoms with Crippen molar-refractivity contribution in [2.45, 2.75) is 6.54 Å². The van der Waals surface area contributed by atoms with Crippen LogP contribution in [0.4, 0.5) is 5.69 Å². The molecule has 0 aliphatic heterocycles. The Kier molecular flexibility index (Phi) is 6.48. The van der Waals surface area contributed by atoms with Gasteiger partial charge in [0.1, 0.15) is 0 Å². The second-order valence-corrected chi connectivity index (χ2v) is 3.87. The number of methoxy groups -OCH3 is 1. The molecule has 0 bridgehead atoms. The Labute approximate surface area is 111 Å². The monoisotopic (exact) mass is 267 g/mol. The second-order valence-electron chi connectivity index (χ2n) is 3.87. The average Bonchev–Trinajstić information content (AvgIpc) is 2.42. The lowest BCUT2D eigenvalue weighted by Crippen LogP contribution is -2.34. The molecule has 1 rings (SSSR count). The summed E-state index contributed by atoms with van der Waals surface area (Å²) in [5, 5.41) is 16.1. The topological polar surface area (TPSA) is 93.5 Å². The van der Waals surface area contributed by atoms with Gasteiger partial charge in [0.15, 0.2) is 0 Å². The lowest BCUT2D eigenvalue weighted by molar-refractivity contribution is -0.384. The Morgan fingerprint density at radius 2 is 2.05 bits per heavy atom. The number of hydrogen-bond acceptors (Lipinski definition) is 5. The highest BCUT2D eigenvalue weighted by Crippen LogP contribution is 2.11. The molecule has 1 amide bonds. The molecule has 0 aromatic heterocycles. The molecule has 0 unspecified atom stereocenters. The molecule has 0 spiro atoms. The summed E-state index contributed by atoms with van der Waals surface area (Å²) in [7, 11) is 1.59. The number of nitrogens with one attached hydrogen (secondary N) is 2. The van der Waals surface area contributed by atoms with Crippen molar-refractivity contribution < 1.29 is 14.5 Å². The van der Waals surface area contributed by atoms with E-state index in [1.165, 1.54) is 12.1 Å². The fraction of sp³-hybridized carbons (Fsp3) is 0.417. The van der Waals surface area contributed by atoms with Crippen LogP contribution in [0.5, 0.6) is 0 Å². The quantitative estimate of drug-likeness (QED) is 0.405. The van der Waals surface area contributed by atoms with Crippen LogP contribution in [0, 0.1) is 10.1 Å². The standard InChI is InChI=1S/C12H17N3O4/c1-19-7-6-13-9-12(16)14-8-10-2-4-11(5-3-10)15(17)18/h2-5,13H,6-9H2,1H3,(H,14,16). The summed E-state index contributed by atoms with van der Waals surface area (Å²) in [6.45, 7) is 1.73. The third kappa shape index (κ3) is 5.94. The lowest BCUT2D eigenvalue weighted by Gasteiger charge is -2.06.